The molecule has 22 heteroatoms. The van der Waals surface area contributed by atoms with Gasteiger partial charge >= 0.3 is 12.4 Å². The number of nitrogens with one attached hydrogen (secondary N) is 1. The summed E-state index contributed by atoms with van der Waals surface area (Å²) in [6.45, 7) is 4.70. The van der Waals surface area contributed by atoms with Gasteiger partial charge in [0.2, 0.25) is 0 Å². The van der Waals surface area contributed by atoms with Gasteiger partial charge in [0, 0.05) is 56.1 Å². The fraction of sp³-hybridized carbons (Fsp3) is 0.259. The normalized spacial score (nSPS) is 12.1. The van der Waals surface area contributed by atoms with E-state index in [0.717, 1.165) is 54.3 Å². The predicted molar refractivity (Wildman–Crippen MR) is 286 cm³/mol. The smallest absolute Gasteiger partial charge is 0.418 e. The third-order valence-corrected chi connectivity index (χ3v) is 15.2. The summed E-state index contributed by atoms with van der Waals surface area (Å²) in [6.07, 6.45) is -0.676. The van der Waals surface area contributed by atoms with Crippen LogP contribution in [0.15, 0.2) is 144 Å². The Kier molecular flexibility index (Phi) is 21.1. The minimum absolute atomic E-state index is 0.0121. The third-order valence-electron chi connectivity index (χ3n) is 10.9. The Hall–Kier alpha value is -6.20. The number of halogens is 8. The molecule has 0 radical (unpaired) electrons. The second-order valence-corrected chi connectivity index (χ2v) is 21.8. The van der Waals surface area contributed by atoms with Gasteiger partial charge in [-0.2, -0.15) is 26.3 Å². The third kappa shape index (κ3) is 15.9. The summed E-state index contributed by atoms with van der Waals surface area (Å²) in [5, 5.41) is 0.118. The van der Waals surface area contributed by atoms with Gasteiger partial charge in [0.25, 0.3) is 0 Å². The molecule has 0 bridgehead atoms. The second-order valence-electron chi connectivity index (χ2n) is 16.2. The van der Waals surface area contributed by atoms with Gasteiger partial charge in [0.1, 0.15) is 47.3 Å². The van der Waals surface area contributed by atoms with E-state index in [9.17, 15) is 47.8 Å². The van der Waals surface area contributed by atoms with Gasteiger partial charge in [-0.1, -0.05) is 62.2 Å². The number of thioether (sulfide) groups is 1. The van der Waals surface area contributed by atoms with E-state index in [1.165, 1.54) is 78.7 Å². The molecule has 8 rings (SSSR count). The number of nitrogens with zero attached hydrogens (tertiary/aromatic N) is 4. The molecule has 1 N–H and O–H groups in total. The van der Waals surface area contributed by atoms with Crippen LogP contribution in [-0.4, -0.2) is 68.9 Å². The molecule has 1 unspecified atom stereocenters. The van der Waals surface area contributed by atoms with Crippen molar-refractivity contribution in [2.45, 2.75) is 61.7 Å². The number of para-hydroxylation sites is 2. The number of aromatic nitrogens is 4. The Bertz CT molecular complexity index is 3390. The molecule has 1 atom stereocenters. The Morgan fingerprint density at radius 3 is 1.62 bits per heavy atom. The van der Waals surface area contributed by atoms with Crippen molar-refractivity contribution in [3.63, 3.8) is 0 Å². The first-order valence-corrected chi connectivity index (χ1v) is 29.1. The van der Waals surface area contributed by atoms with Gasteiger partial charge in [0.05, 0.1) is 44.2 Å². The van der Waals surface area contributed by atoms with Crippen molar-refractivity contribution in [1.82, 2.24) is 24.7 Å². The summed E-state index contributed by atoms with van der Waals surface area (Å²) in [7, 11) is -4.33. The lowest BCUT2D eigenvalue weighted by atomic mass is 10.0. The van der Waals surface area contributed by atoms with Gasteiger partial charge in [-0.15, -0.1) is 11.8 Å². The summed E-state index contributed by atoms with van der Waals surface area (Å²) < 4.78 is 162. The summed E-state index contributed by atoms with van der Waals surface area (Å²) in [5.74, 6) is 1.40. The molecule has 0 spiro atoms. The minimum atomic E-state index is -4.65. The van der Waals surface area contributed by atoms with Gasteiger partial charge in [-0.25, -0.2) is 37.1 Å². The molecule has 6 aromatic carbocycles. The minimum Gasteiger partial charge on any atom is -0.457 e. The molecule has 0 amide bonds. The number of hydrogen-bond donors (Lipinski definition) is 1. The molecular weight excluding hydrogens is 1080 g/mol. The molecule has 402 valence electrons. The van der Waals surface area contributed by atoms with Crippen LogP contribution in [0.1, 0.15) is 50.7 Å². The van der Waals surface area contributed by atoms with Crippen molar-refractivity contribution in [3.05, 3.63) is 157 Å². The number of sulfone groups is 1. The fourth-order valence-electron chi connectivity index (χ4n) is 7.50. The van der Waals surface area contributed by atoms with Crippen LogP contribution >= 0.6 is 23.7 Å². The molecule has 0 aliphatic carbocycles. The first-order valence-electron chi connectivity index (χ1n) is 23.5. The number of benzene rings is 6. The van der Waals surface area contributed by atoms with Crippen LogP contribution in [0, 0.1) is 11.6 Å². The lowest BCUT2D eigenvalue weighted by Gasteiger charge is -2.13. The lowest BCUT2D eigenvalue weighted by molar-refractivity contribution is -0.137. The predicted octanol–water partition coefficient (Wildman–Crippen LogP) is 15.2. The Labute approximate surface area is 446 Å². The topological polar surface area (TPSA) is 133 Å². The maximum Gasteiger partial charge on any atom is 0.418 e. The number of unbranched alkanes of at least 4 members (excludes halogenated alkanes) is 2. The first kappa shape index (κ1) is 59.1. The van der Waals surface area contributed by atoms with Crippen LogP contribution in [0.2, 0.25) is 0 Å². The van der Waals surface area contributed by atoms with Crippen molar-refractivity contribution in [3.8, 4) is 45.5 Å². The molecule has 2 heterocycles. The molecular formula is C54H51F8N5O5S4. The first-order chi connectivity index (χ1) is 36.3. The zero-order chi connectivity index (χ0) is 55.0. The molecule has 0 aliphatic heterocycles. The highest BCUT2D eigenvalue weighted by atomic mass is 32.2. The molecule has 10 nitrogen and oxygen atoms in total. The van der Waals surface area contributed by atoms with Crippen LogP contribution in [-0.2, 0) is 33.0 Å². The maximum atomic E-state index is 14.8. The number of alkyl halides is 6. The SMILES string of the molecule is CC.CS(=O)CCCCSc1cccc(Oc2ccc(F)c(-c3ncnc4c(C(F)(F)F)cccc34)c2)c1.CSNCCCCS(=O)(=O)c1cccc(Oc2ccc(F)c(-c3ncnc4c(C(F)(F)F)cccc34)c2)c1. The molecule has 8 aromatic rings. The summed E-state index contributed by atoms with van der Waals surface area (Å²) >= 11 is 3.13. The van der Waals surface area contributed by atoms with Crippen LogP contribution in [0.4, 0.5) is 35.1 Å². The van der Waals surface area contributed by atoms with Crippen molar-refractivity contribution < 1.29 is 57.2 Å². The number of hydrogen-bond acceptors (Lipinski definition) is 12. The van der Waals surface area contributed by atoms with Crippen LogP contribution in [0.25, 0.3) is 44.3 Å². The van der Waals surface area contributed by atoms with E-state index in [1.54, 1.807) is 36.2 Å². The van der Waals surface area contributed by atoms with Crippen molar-refractivity contribution in [2.75, 3.05) is 36.3 Å². The molecule has 76 heavy (non-hydrogen) atoms. The zero-order valence-corrected chi connectivity index (χ0v) is 44.6. The van der Waals surface area contributed by atoms with E-state index in [1.807, 2.05) is 38.3 Å². The van der Waals surface area contributed by atoms with Crippen molar-refractivity contribution in [2.24, 2.45) is 0 Å². The van der Waals surface area contributed by atoms with Gasteiger partial charge in [0.15, 0.2) is 9.84 Å². The van der Waals surface area contributed by atoms with E-state index in [-0.39, 0.29) is 66.5 Å². The van der Waals surface area contributed by atoms with E-state index in [4.69, 9.17) is 9.47 Å². The molecule has 0 fully saturated rings. The second kappa shape index (κ2) is 27.2. The largest absolute Gasteiger partial charge is 0.457 e. The number of rotatable bonds is 19. The van der Waals surface area contributed by atoms with Gasteiger partial charge in [-0.05, 0) is 123 Å². The zero-order valence-electron chi connectivity index (χ0n) is 41.3. The maximum absolute atomic E-state index is 14.8. The standard InChI is InChI=1S/C26H23F4N3O3S2.C26H22F4N2O2S2.C2H6/c1-37-33-12-2-3-13-38(34,35)19-7-4-6-17(14-19)36-18-10-11-23(27)21(15-18)24-20-8-5-9-22(26(28,29)30)25(20)32-16-31-24;1-36(33)13-3-2-12-35-19-7-4-6-17(14-19)34-18-10-11-23(27)21(15-18)24-20-8-5-9-22(26(28,29)30)25(20)32-16-31-24;1-2/h4-11,14-16,33H,2-3,12-13H2,1H3;4-11,14-16H,2-3,12-13H2,1H3;1-2H3. The lowest BCUT2D eigenvalue weighted by Crippen LogP contribution is -2.10. The van der Waals surface area contributed by atoms with E-state index in [2.05, 4.69) is 24.7 Å². The van der Waals surface area contributed by atoms with Gasteiger partial charge in [-0.3, -0.25) is 8.93 Å². The summed E-state index contributed by atoms with van der Waals surface area (Å²) in [5.41, 5.74) is -2.56. The van der Waals surface area contributed by atoms with E-state index >= 15 is 0 Å². The monoisotopic (exact) mass is 1130 g/mol. The molecule has 2 aromatic heterocycles. The Morgan fingerprint density at radius 2 is 1.11 bits per heavy atom. The highest BCUT2D eigenvalue weighted by molar-refractivity contribution is 7.99. The van der Waals surface area contributed by atoms with Crippen molar-refractivity contribution >= 4 is 66.2 Å². The highest BCUT2D eigenvalue weighted by Crippen LogP contribution is 2.40. The molecule has 0 aliphatic rings. The average molecular weight is 1130 g/mol. The summed E-state index contributed by atoms with van der Waals surface area (Å²) in [4.78, 5) is 16.8. The van der Waals surface area contributed by atoms with Crippen LogP contribution in [0.3, 0.4) is 0 Å². The number of fused-ring (bicyclic) bond motifs is 2. The average Bonchev–Trinajstić information content (AvgIpc) is 3.41. The Morgan fingerprint density at radius 1 is 0.605 bits per heavy atom. The highest BCUT2D eigenvalue weighted by Gasteiger charge is 2.35. The quantitative estimate of drug-likeness (QED) is 0.0358. The Balaban J connectivity index is 0.000000239. The molecule has 0 saturated heterocycles. The van der Waals surface area contributed by atoms with E-state index < -0.39 is 55.8 Å². The van der Waals surface area contributed by atoms with Crippen LogP contribution < -0.4 is 14.2 Å². The van der Waals surface area contributed by atoms with Crippen molar-refractivity contribution in [1.29, 1.82) is 0 Å². The van der Waals surface area contributed by atoms with Crippen LogP contribution in [0.5, 0.6) is 23.0 Å². The van der Waals surface area contributed by atoms with Gasteiger partial charge < -0.3 is 9.47 Å². The number of ether oxygens (including phenoxy) is 2. The summed E-state index contributed by atoms with van der Waals surface area (Å²) in [6, 6.07) is 28.3. The molecule has 0 saturated carbocycles. The van der Waals surface area contributed by atoms with E-state index in [0.29, 0.717) is 36.6 Å². The fourth-order valence-corrected chi connectivity index (χ4v) is 10.8.